The van der Waals surface area contributed by atoms with E-state index in [2.05, 4.69) is 63.5 Å². The Balaban J connectivity index is 0.00000256. The van der Waals surface area contributed by atoms with Crippen molar-refractivity contribution in [3.05, 3.63) is 53.5 Å². The number of para-hydroxylation sites is 1. The third-order valence-corrected chi connectivity index (χ3v) is 5.54. The van der Waals surface area contributed by atoms with Crippen LogP contribution in [-0.2, 0) is 13.0 Å². The van der Waals surface area contributed by atoms with Gasteiger partial charge in [-0.1, -0.05) is 23.4 Å². The van der Waals surface area contributed by atoms with Crippen LogP contribution >= 0.6 is 24.0 Å². The molecule has 0 unspecified atom stereocenters. The van der Waals surface area contributed by atoms with E-state index < -0.39 is 0 Å². The van der Waals surface area contributed by atoms with Crippen LogP contribution in [0.3, 0.4) is 0 Å². The summed E-state index contributed by atoms with van der Waals surface area (Å²) in [6.07, 6.45) is 4.70. The maximum absolute atomic E-state index is 4.94. The van der Waals surface area contributed by atoms with E-state index in [1.807, 2.05) is 6.07 Å². The average Bonchev–Trinajstić information content (AvgIpc) is 3.39. The first-order chi connectivity index (χ1) is 14.2. The molecule has 0 aliphatic carbocycles. The Morgan fingerprint density at radius 2 is 2.07 bits per heavy atom. The molecule has 0 bridgehead atoms. The van der Waals surface area contributed by atoms with Gasteiger partial charge in [-0.2, -0.15) is 0 Å². The smallest absolute Gasteiger partial charge is 0.194 e. The number of aromatic amines is 1. The molecular weight excluding hydrogens is 491 g/mol. The van der Waals surface area contributed by atoms with Gasteiger partial charge in [-0.15, -0.1) is 24.0 Å². The van der Waals surface area contributed by atoms with Gasteiger partial charge in [0.05, 0.1) is 5.69 Å². The highest BCUT2D eigenvalue weighted by atomic mass is 127. The molecule has 1 aliphatic heterocycles. The molecule has 0 amide bonds. The highest BCUT2D eigenvalue weighted by molar-refractivity contribution is 14.0. The number of hydrogen-bond acceptors (Lipinski definition) is 4. The second-order valence-electron chi connectivity index (χ2n) is 7.55. The number of H-pyrrole nitrogens is 1. The minimum absolute atomic E-state index is 0. The van der Waals surface area contributed by atoms with Gasteiger partial charge < -0.3 is 19.7 Å². The first-order valence-corrected chi connectivity index (χ1v) is 10.4. The largest absolute Gasteiger partial charge is 0.364 e. The number of fused-ring (bicyclic) bond motifs is 1. The van der Waals surface area contributed by atoms with Crippen LogP contribution in [0.4, 0.5) is 0 Å². The van der Waals surface area contributed by atoms with Crippen LogP contribution in [0, 0.1) is 6.92 Å². The number of aromatic nitrogens is 2. The summed E-state index contributed by atoms with van der Waals surface area (Å²) in [5.41, 5.74) is 4.85. The maximum Gasteiger partial charge on any atom is 0.194 e. The average molecular weight is 522 g/mol. The number of aryl methyl sites for hydroxylation is 1. The van der Waals surface area contributed by atoms with Gasteiger partial charge in [-0.3, -0.25) is 9.89 Å². The zero-order valence-electron chi connectivity index (χ0n) is 17.7. The van der Waals surface area contributed by atoms with Crippen molar-refractivity contribution in [1.29, 1.82) is 0 Å². The lowest BCUT2D eigenvalue weighted by atomic mass is 10.1. The van der Waals surface area contributed by atoms with E-state index in [9.17, 15) is 0 Å². The molecule has 7 nitrogen and oxygen atoms in total. The van der Waals surface area contributed by atoms with Crippen LogP contribution in [-0.4, -0.2) is 65.2 Å². The first-order valence-electron chi connectivity index (χ1n) is 10.4. The summed E-state index contributed by atoms with van der Waals surface area (Å²) in [5, 5.41) is 8.79. The predicted molar refractivity (Wildman–Crippen MR) is 131 cm³/mol. The highest BCUT2D eigenvalue weighted by Gasteiger charge is 2.20. The molecule has 3 aromatic rings. The Labute approximate surface area is 194 Å². The van der Waals surface area contributed by atoms with Crippen LogP contribution in [0.2, 0.25) is 0 Å². The summed E-state index contributed by atoms with van der Waals surface area (Å²) < 4.78 is 4.94. The van der Waals surface area contributed by atoms with E-state index in [-0.39, 0.29) is 24.0 Å². The van der Waals surface area contributed by atoms with Gasteiger partial charge in [0.15, 0.2) is 5.96 Å². The molecule has 162 valence electrons. The number of nitrogens with zero attached hydrogens (tertiary/aromatic N) is 4. The van der Waals surface area contributed by atoms with E-state index >= 15 is 0 Å². The molecule has 1 saturated heterocycles. The standard InChI is InChI=1S/C22H30N6O.HI/c1-3-23-22(28-12-10-27(11-13-28)16-19-8-14-29-26-19)24-9-7-18-15-25-21-17(2)5-4-6-20(18)21;/h4-6,8,14-15,25H,3,7,9-13,16H2,1-2H3,(H,23,24);1H. The molecule has 0 spiro atoms. The number of aliphatic imine (C=N–C) groups is 1. The van der Waals surface area contributed by atoms with Gasteiger partial charge in [0.25, 0.3) is 0 Å². The number of piperazine rings is 1. The van der Waals surface area contributed by atoms with E-state index in [4.69, 9.17) is 9.52 Å². The molecule has 1 aromatic carbocycles. The number of nitrogens with one attached hydrogen (secondary N) is 2. The fraction of sp³-hybridized carbons (Fsp3) is 0.455. The fourth-order valence-corrected chi connectivity index (χ4v) is 3.94. The Bertz CT molecular complexity index is 944. The normalized spacial score (nSPS) is 15.4. The third-order valence-electron chi connectivity index (χ3n) is 5.54. The lowest BCUT2D eigenvalue weighted by Crippen LogP contribution is -2.52. The summed E-state index contributed by atoms with van der Waals surface area (Å²) in [6.45, 7) is 10.7. The van der Waals surface area contributed by atoms with Gasteiger partial charge in [-0.25, -0.2) is 0 Å². The van der Waals surface area contributed by atoms with E-state index in [1.165, 1.54) is 22.0 Å². The van der Waals surface area contributed by atoms with Gasteiger partial charge >= 0.3 is 0 Å². The Hall–Kier alpha value is -2.07. The second kappa shape index (κ2) is 10.8. The molecule has 1 fully saturated rings. The molecule has 2 aromatic heterocycles. The summed E-state index contributed by atoms with van der Waals surface area (Å²) in [5.74, 6) is 1.02. The predicted octanol–water partition coefficient (Wildman–Crippen LogP) is 3.41. The molecular formula is C22H31IN6O. The van der Waals surface area contributed by atoms with Crippen LogP contribution in [0.25, 0.3) is 10.9 Å². The molecule has 8 heteroatoms. The third kappa shape index (κ3) is 5.34. The Morgan fingerprint density at radius 3 is 2.80 bits per heavy atom. The number of halogens is 1. The molecule has 0 atom stereocenters. The minimum atomic E-state index is 0. The molecule has 0 radical (unpaired) electrons. The summed E-state index contributed by atoms with van der Waals surface area (Å²) >= 11 is 0. The molecule has 1 aliphatic rings. The lowest BCUT2D eigenvalue weighted by Gasteiger charge is -2.36. The van der Waals surface area contributed by atoms with Crippen molar-refractivity contribution >= 4 is 40.8 Å². The Morgan fingerprint density at radius 1 is 1.23 bits per heavy atom. The van der Waals surface area contributed by atoms with Crippen LogP contribution in [0.1, 0.15) is 23.7 Å². The van der Waals surface area contributed by atoms with Gasteiger partial charge in [0, 0.05) is 69.0 Å². The van der Waals surface area contributed by atoms with Crippen molar-refractivity contribution < 1.29 is 4.52 Å². The lowest BCUT2D eigenvalue weighted by molar-refractivity contribution is 0.169. The van der Waals surface area contributed by atoms with Crippen molar-refractivity contribution in [3.8, 4) is 0 Å². The number of guanidine groups is 1. The first kappa shape index (κ1) is 22.6. The molecule has 3 heterocycles. The zero-order valence-corrected chi connectivity index (χ0v) is 20.1. The van der Waals surface area contributed by atoms with E-state index in [0.717, 1.165) is 63.9 Å². The molecule has 0 saturated carbocycles. The van der Waals surface area contributed by atoms with Crippen molar-refractivity contribution in [3.63, 3.8) is 0 Å². The quantitative estimate of drug-likeness (QED) is 0.295. The van der Waals surface area contributed by atoms with Crippen LogP contribution < -0.4 is 5.32 Å². The summed E-state index contributed by atoms with van der Waals surface area (Å²) in [4.78, 5) is 13.1. The van der Waals surface area contributed by atoms with Gasteiger partial charge in [-0.05, 0) is 31.4 Å². The fourth-order valence-electron chi connectivity index (χ4n) is 3.94. The SMILES string of the molecule is CCNC(=NCCc1c[nH]c2c(C)cccc12)N1CCN(Cc2ccon2)CC1.I. The van der Waals surface area contributed by atoms with Crippen LogP contribution in [0.15, 0.2) is 46.2 Å². The summed E-state index contributed by atoms with van der Waals surface area (Å²) in [6, 6.07) is 8.40. The van der Waals surface area contributed by atoms with E-state index in [0.29, 0.717) is 0 Å². The zero-order chi connectivity index (χ0) is 20.1. The molecule has 4 rings (SSSR count). The minimum Gasteiger partial charge on any atom is -0.364 e. The Kier molecular flexibility index (Phi) is 8.15. The summed E-state index contributed by atoms with van der Waals surface area (Å²) in [7, 11) is 0. The molecule has 2 N–H and O–H groups in total. The van der Waals surface area contributed by atoms with Gasteiger partial charge in [0.1, 0.15) is 6.26 Å². The topological polar surface area (TPSA) is 72.7 Å². The molecule has 30 heavy (non-hydrogen) atoms. The number of rotatable bonds is 6. The highest BCUT2D eigenvalue weighted by Crippen LogP contribution is 2.21. The number of benzene rings is 1. The monoisotopic (exact) mass is 522 g/mol. The van der Waals surface area contributed by atoms with Gasteiger partial charge in [0.2, 0.25) is 0 Å². The van der Waals surface area contributed by atoms with Crippen molar-refractivity contribution in [2.45, 2.75) is 26.8 Å². The van der Waals surface area contributed by atoms with Crippen molar-refractivity contribution in [1.82, 2.24) is 25.3 Å². The van der Waals surface area contributed by atoms with Crippen molar-refractivity contribution in [2.24, 2.45) is 4.99 Å². The van der Waals surface area contributed by atoms with Crippen molar-refractivity contribution in [2.75, 3.05) is 39.3 Å². The number of hydrogen-bond donors (Lipinski definition) is 2. The maximum atomic E-state index is 4.94. The second-order valence-corrected chi connectivity index (χ2v) is 7.55. The van der Waals surface area contributed by atoms with Crippen LogP contribution in [0.5, 0.6) is 0 Å². The van der Waals surface area contributed by atoms with E-state index in [1.54, 1.807) is 6.26 Å².